The lowest BCUT2D eigenvalue weighted by molar-refractivity contribution is 0.0689. The number of aromatic carboxylic acids is 1. The number of rotatable bonds is 8. The smallest absolute Gasteiger partial charge is 0.354 e. The Labute approximate surface area is 157 Å². The number of amides is 1. The lowest BCUT2D eigenvalue weighted by atomic mass is 10.0. The fourth-order valence-electron chi connectivity index (χ4n) is 2.70. The summed E-state index contributed by atoms with van der Waals surface area (Å²) in [7, 11) is -0.746. The van der Waals surface area contributed by atoms with E-state index in [0.717, 1.165) is 19.2 Å². The predicted molar refractivity (Wildman–Crippen MR) is 101 cm³/mol. The van der Waals surface area contributed by atoms with E-state index in [1.807, 2.05) is 7.05 Å². The minimum atomic E-state index is -4.26. The van der Waals surface area contributed by atoms with Crippen LogP contribution in [0.25, 0.3) is 11.1 Å². The first-order valence-electron chi connectivity index (χ1n) is 8.15. The topological polar surface area (TPSA) is 135 Å². The highest BCUT2D eigenvalue weighted by Gasteiger charge is 2.23. The van der Waals surface area contributed by atoms with E-state index >= 15 is 0 Å². The van der Waals surface area contributed by atoms with Gasteiger partial charge in [-0.25, -0.2) is 13.9 Å². The molecular formula is C17H22N4O5S. The average molecular weight is 394 g/mol. The number of nitrogens with zero attached hydrogens (tertiary/aromatic N) is 2. The maximum absolute atomic E-state index is 12.6. The number of hydrogen-bond donors (Lipinski definition) is 3. The van der Waals surface area contributed by atoms with Gasteiger partial charge in [0.2, 0.25) is 0 Å². The third-order valence-corrected chi connectivity index (χ3v) is 4.87. The van der Waals surface area contributed by atoms with Crippen molar-refractivity contribution in [1.82, 2.24) is 14.2 Å². The second-order valence-corrected chi connectivity index (χ2v) is 7.41. The molecule has 1 heterocycles. The van der Waals surface area contributed by atoms with Gasteiger partial charge in [0.25, 0.3) is 5.91 Å². The van der Waals surface area contributed by atoms with Crippen LogP contribution in [0.1, 0.15) is 27.3 Å². The number of carboxylic acids is 1. The Balaban J connectivity index is 2.40. The largest absolute Gasteiger partial charge is 0.477 e. The SMILES string of the molecule is CNCCCN(C)C(=O)c1cccc(-c2ccn(S(N)(=O)=O)c2C(=O)O)c1. The van der Waals surface area contributed by atoms with Crippen molar-refractivity contribution >= 4 is 22.1 Å². The number of nitrogens with two attached hydrogens (primary N) is 1. The Morgan fingerprint density at radius 1 is 1.30 bits per heavy atom. The van der Waals surface area contributed by atoms with Crippen LogP contribution in [0.15, 0.2) is 36.5 Å². The molecule has 10 heteroatoms. The van der Waals surface area contributed by atoms with Gasteiger partial charge in [0, 0.05) is 30.9 Å². The molecule has 0 aliphatic rings. The van der Waals surface area contributed by atoms with E-state index in [1.165, 1.54) is 12.1 Å². The van der Waals surface area contributed by atoms with Crippen molar-refractivity contribution in [2.45, 2.75) is 6.42 Å². The Morgan fingerprint density at radius 3 is 2.59 bits per heavy atom. The summed E-state index contributed by atoms with van der Waals surface area (Å²) in [5.74, 6) is -1.65. The van der Waals surface area contributed by atoms with Gasteiger partial charge in [0.15, 0.2) is 5.69 Å². The van der Waals surface area contributed by atoms with Crippen LogP contribution < -0.4 is 10.5 Å². The molecule has 0 fully saturated rings. The van der Waals surface area contributed by atoms with Gasteiger partial charge in [-0.1, -0.05) is 12.1 Å². The summed E-state index contributed by atoms with van der Waals surface area (Å²) < 4.78 is 23.7. The zero-order valence-electron chi connectivity index (χ0n) is 15.0. The molecule has 0 aliphatic heterocycles. The van der Waals surface area contributed by atoms with Crippen molar-refractivity contribution in [3.63, 3.8) is 0 Å². The van der Waals surface area contributed by atoms with Crippen molar-refractivity contribution in [3.8, 4) is 11.1 Å². The van der Waals surface area contributed by atoms with E-state index in [-0.39, 0.29) is 11.5 Å². The molecule has 27 heavy (non-hydrogen) atoms. The van der Waals surface area contributed by atoms with Crippen LogP contribution in [-0.2, 0) is 10.2 Å². The molecule has 0 unspecified atom stereocenters. The van der Waals surface area contributed by atoms with Gasteiger partial charge in [0.05, 0.1) is 0 Å². The molecular weight excluding hydrogens is 372 g/mol. The first-order valence-corrected chi connectivity index (χ1v) is 9.65. The third kappa shape index (κ3) is 4.73. The highest BCUT2D eigenvalue weighted by atomic mass is 32.2. The Morgan fingerprint density at radius 2 is 2.00 bits per heavy atom. The molecule has 0 aliphatic carbocycles. The molecule has 146 valence electrons. The molecule has 0 saturated carbocycles. The van der Waals surface area contributed by atoms with Crippen molar-refractivity contribution < 1.29 is 23.1 Å². The molecule has 0 radical (unpaired) electrons. The monoisotopic (exact) mass is 394 g/mol. The van der Waals surface area contributed by atoms with Gasteiger partial charge in [-0.3, -0.25) is 4.79 Å². The lowest BCUT2D eigenvalue weighted by Crippen LogP contribution is -2.29. The molecule has 2 aromatic rings. The molecule has 9 nitrogen and oxygen atoms in total. The molecule has 0 saturated heterocycles. The molecule has 1 aromatic heterocycles. The van der Waals surface area contributed by atoms with Crippen LogP contribution in [0.3, 0.4) is 0 Å². The predicted octanol–water partition coefficient (Wildman–Crippen LogP) is 0.586. The van der Waals surface area contributed by atoms with Crippen molar-refractivity contribution in [3.05, 3.63) is 47.8 Å². The summed E-state index contributed by atoms with van der Waals surface area (Å²) in [4.78, 5) is 25.7. The summed E-state index contributed by atoms with van der Waals surface area (Å²) in [5.41, 5.74) is 0.455. The number of carbonyl (C=O) groups is 2. The van der Waals surface area contributed by atoms with Gasteiger partial charge >= 0.3 is 16.2 Å². The lowest BCUT2D eigenvalue weighted by Gasteiger charge is -2.17. The number of carbonyl (C=O) groups excluding carboxylic acids is 1. The molecule has 2 rings (SSSR count). The Bertz CT molecular complexity index is 952. The Hall–Kier alpha value is -2.69. The van der Waals surface area contributed by atoms with Gasteiger partial charge in [0.1, 0.15) is 0 Å². The Kier molecular flexibility index (Phi) is 6.37. The molecule has 1 aromatic carbocycles. The van der Waals surface area contributed by atoms with Gasteiger partial charge in [-0.05, 0) is 43.8 Å². The fourth-order valence-corrected chi connectivity index (χ4v) is 3.37. The third-order valence-electron chi connectivity index (χ3n) is 4.02. The van der Waals surface area contributed by atoms with Crippen LogP contribution in [0.4, 0.5) is 0 Å². The zero-order valence-corrected chi connectivity index (χ0v) is 15.9. The summed E-state index contributed by atoms with van der Waals surface area (Å²) in [6.07, 6.45) is 1.87. The van der Waals surface area contributed by atoms with Crippen LogP contribution in [-0.4, -0.2) is 61.5 Å². The van der Waals surface area contributed by atoms with Crippen molar-refractivity contribution in [2.75, 3.05) is 27.2 Å². The molecule has 0 bridgehead atoms. The number of nitrogens with one attached hydrogen (secondary N) is 1. The average Bonchev–Trinajstić information content (AvgIpc) is 3.07. The summed E-state index contributed by atoms with van der Waals surface area (Å²) in [6.45, 7) is 1.34. The number of aromatic nitrogens is 1. The second kappa shape index (κ2) is 8.33. The van der Waals surface area contributed by atoms with Gasteiger partial charge in [-0.15, -0.1) is 0 Å². The summed E-state index contributed by atoms with van der Waals surface area (Å²) in [5, 5.41) is 17.5. The van der Waals surface area contributed by atoms with E-state index in [1.54, 1.807) is 30.1 Å². The number of carboxylic acid groups (broad SMARTS) is 1. The number of benzene rings is 1. The maximum atomic E-state index is 12.6. The van der Waals surface area contributed by atoms with Crippen LogP contribution in [0.5, 0.6) is 0 Å². The second-order valence-electron chi connectivity index (χ2n) is 5.99. The molecule has 0 spiro atoms. The van der Waals surface area contributed by atoms with Gasteiger partial charge < -0.3 is 15.3 Å². The minimum absolute atomic E-state index is 0.156. The standard InChI is InChI=1S/C17H22N4O5S/c1-19-8-4-9-20(2)16(22)13-6-3-5-12(11-13)14-7-10-21(27(18,25)26)15(14)17(23)24/h3,5-7,10-11,19H,4,8-9H2,1-2H3,(H,23,24)(H2,18,25,26). The van der Waals surface area contributed by atoms with Crippen molar-refractivity contribution in [1.29, 1.82) is 0 Å². The summed E-state index contributed by atoms with van der Waals surface area (Å²) >= 11 is 0. The molecule has 1 amide bonds. The van der Waals surface area contributed by atoms with Crippen molar-refractivity contribution in [2.24, 2.45) is 5.14 Å². The minimum Gasteiger partial charge on any atom is -0.477 e. The van der Waals surface area contributed by atoms with Crippen LogP contribution in [0, 0.1) is 0 Å². The highest BCUT2D eigenvalue weighted by Crippen LogP contribution is 2.27. The van der Waals surface area contributed by atoms with E-state index in [4.69, 9.17) is 5.14 Å². The van der Waals surface area contributed by atoms with E-state index in [9.17, 15) is 23.1 Å². The van der Waals surface area contributed by atoms with Crippen LogP contribution in [0.2, 0.25) is 0 Å². The van der Waals surface area contributed by atoms with E-state index in [0.29, 0.717) is 21.6 Å². The summed E-state index contributed by atoms with van der Waals surface area (Å²) in [6, 6.07) is 7.72. The molecule has 4 N–H and O–H groups in total. The van der Waals surface area contributed by atoms with E-state index in [2.05, 4.69) is 5.32 Å². The van der Waals surface area contributed by atoms with Gasteiger partial charge in [-0.2, -0.15) is 8.42 Å². The van der Waals surface area contributed by atoms with Crippen LogP contribution >= 0.6 is 0 Å². The zero-order chi connectivity index (χ0) is 20.2. The van der Waals surface area contributed by atoms with E-state index < -0.39 is 21.9 Å². The first-order chi connectivity index (χ1) is 12.7. The highest BCUT2D eigenvalue weighted by molar-refractivity contribution is 7.87. The maximum Gasteiger partial charge on any atom is 0.354 e. The normalized spacial score (nSPS) is 11.4. The first kappa shape index (κ1) is 20.6. The number of hydrogen-bond acceptors (Lipinski definition) is 5. The molecule has 0 atom stereocenters. The quantitative estimate of drug-likeness (QED) is 0.561. The fraction of sp³-hybridized carbons (Fsp3) is 0.294.